The van der Waals surface area contributed by atoms with Crippen LogP contribution in [-0.2, 0) is 11.3 Å². The molecule has 24 heavy (non-hydrogen) atoms. The van der Waals surface area contributed by atoms with Gasteiger partial charge >= 0.3 is 0 Å². The zero-order valence-electron chi connectivity index (χ0n) is 13.2. The Morgan fingerprint density at radius 2 is 2.25 bits per heavy atom. The fourth-order valence-electron chi connectivity index (χ4n) is 2.52. The molecule has 0 radical (unpaired) electrons. The number of nitrogens with zero attached hydrogens (tertiary/aromatic N) is 3. The van der Waals surface area contributed by atoms with Gasteiger partial charge in [-0.05, 0) is 11.6 Å². The molecule has 8 nitrogen and oxygen atoms in total. The van der Waals surface area contributed by atoms with Crippen LogP contribution in [0.25, 0.3) is 0 Å². The van der Waals surface area contributed by atoms with Gasteiger partial charge in [0, 0.05) is 31.5 Å². The number of morpholine rings is 1. The van der Waals surface area contributed by atoms with Gasteiger partial charge in [0.2, 0.25) is 0 Å². The first-order chi connectivity index (χ1) is 11.8. The number of pyridine rings is 1. The molecular formula is C16H20N4O4. The van der Waals surface area contributed by atoms with Crippen molar-refractivity contribution in [2.45, 2.75) is 12.6 Å². The lowest BCUT2D eigenvalue weighted by Gasteiger charge is -2.25. The van der Waals surface area contributed by atoms with Crippen molar-refractivity contribution in [2.24, 2.45) is 0 Å². The minimum Gasteiger partial charge on any atom is -0.394 e. The number of amides is 1. The monoisotopic (exact) mass is 332 g/mol. The first-order valence-corrected chi connectivity index (χ1v) is 7.83. The second-order valence-electron chi connectivity index (χ2n) is 5.56. The molecule has 1 atom stereocenters. The summed E-state index contributed by atoms with van der Waals surface area (Å²) in [6.07, 6.45) is 3.24. The number of aliphatic hydroxyl groups excluding tert-OH is 1. The number of rotatable bonds is 6. The molecule has 0 aromatic carbocycles. The lowest BCUT2D eigenvalue weighted by atomic mass is 10.1. The van der Waals surface area contributed by atoms with Gasteiger partial charge in [0.25, 0.3) is 5.91 Å². The van der Waals surface area contributed by atoms with E-state index in [4.69, 9.17) is 9.26 Å². The maximum Gasteiger partial charge on any atom is 0.274 e. The fourth-order valence-corrected chi connectivity index (χ4v) is 2.52. The largest absolute Gasteiger partial charge is 0.394 e. The Hall–Kier alpha value is -2.29. The Morgan fingerprint density at radius 3 is 2.96 bits per heavy atom. The SMILES string of the molecule is O=C(N[C@@H](CO)c1cccnc1)c1cc(CN2CCOCC2)on1. The molecule has 8 heteroatoms. The molecule has 0 spiro atoms. The average Bonchev–Trinajstić information content (AvgIpc) is 3.10. The van der Waals surface area contributed by atoms with Gasteiger partial charge in [-0.2, -0.15) is 0 Å². The van der Waals surface area contributed by atoms with E-state index >= 15 is 0 Å². The van der Waals surface area contributed by atoms with E-state index in [1.807, 2.05) is 0 Å². The molecule has 128 valence electrons. The predicted octanol–water partition coefficient (Wildman–Crippen LogP) is 0.365. The third kappa shape index (κ3) is 4.16. The van der Waals surface area contributed by atoms with E-state index in [2.05, 4.69) is 20.4 Å². The normalized spacial score (nSPS) is 16.7. The van der Waals surface area contributed by atoms with Crippen LogP contribution in [0.3, 0.4) is 0 Å². The van der Waals surface area contributed by atoms with Crippen molar-refractivity contribution in [1.82, 2.24) is 20.4 Å². The van der Waals surface area contributed by atoms with E-state index in [9.17, 15) is 9.90 Å². The van der Waals surface area contributed by atoms with Crippen LogP contribution in [0.2, 0.25) is 0 Å². The van der Waals surface area contributed by atoms with E-state index in [0.29, 0.717) is 25.5 Å². The molecule has 1 aliphatic heterocycles. The standard InChI is InChI=1S/C16H20N4O4/c21-11-15(12-2-1-3-17-9-12)18-16(22)14-8-13(24-19-14)10-20-4-6-23-7-5-20/h1-3,8-9,15,21H,4-7,10-11H2,(H,18,22)/t15-/m0/s1. The maximum absolute atomic E-state index is 12.3. The quantitative estimate of drug-likeness (QED) is 0.788. The second kappa shape index (κ2) is 8.00. The highest BCUT2D eigenvalue weighted by molar-refractivity contribution is 5.92. The fraction of sp³-hybridized carbons (Fsp3) is 0.438. The number of hydrogen-bond acceptors (Lipinski definition) is 7. The Labute approximate surface area is 139 Å². The summed E-state index contributed by atoms with van der Waals surface area (Å²) in [6.45, 7) is 3.42. The molecule has 1 saturated heterocycles. The highest BCUT2D eigenvalue weighted by atomic mass is 16.5. The number of nitrogens with one attached hydrogen (secondary N) is 1. The number of hydrogen-bond donors (Lipinski definition) is 2. The Bertz CT molecular complexity index is 655. The van der Waals surface area contributed by atoms with E-state index in [0.717, 1.165) is 18.7 Å². The van der Waals surface area contributed by atoms with E-state index < -0.39 is 11.9 Å². The molecule has 1 fully saturated rings. The zero-order chi connectivity index (χ0) is 16.8. The Kier molecular flexibility index (Phi) is 5.52. The molecule has 2 N–H and O–H groups in total. The minimum absolute atomic E-state index is 0.195. The third-order valence-corrected chi connectivity index (χ3v) is 3.85. The van der Waals surface area contributed by atoms with Gasteiger partial charge in [-0.15, -0.1) is 0 Å². The topological polar surface area (TPSA) is 101 Å². The average molecular weight is 332 g/mol. The van der Waals surface area contributed by atoms with Crippen molar-refractivity contribution < 1.29 is 19.2 Å². The highest BCUT2D eigenvalue weighted by Gasteiger charge is 2.20. The lowest BCUT2D eigenvalue weighted by Crippen LogP contribution is -2.35. The summed E-state index contributed by atoms with van der Waals surface area (Å²) in [5.41, 5.74) is 0.922. The van der Waals surface area contributed by atoms with Crippen LogP contribution >= 0.6 is 0 Å². The van der Waals surface area contributed by atoms with Gasteiger partial charge in [-0.25, -0.2) is 0 Å². The molecule has 0 saturated carbocycles. The Morgan fingerprint density at radius 1 is 1.42 bits per heavy atom. The number of aromatic nitrogens is 2. The maximum atomic E-state index is 12.3. The van der Waals surface area contributed by atoms with E-state index in [1.165, 1.54) is 0 Å². The van der Waals surface area contributed by atoms with Crippen molar-refractivity contribution in [1.29, 1.82) is 0 Å². The summed E-state index contributed by atoms with van der Waals surface area (Å²) in [5.74, 6) is 0.235. The summed E-state index contributed by atoms with van der Waals surface area (Å²) in [6, 6.07) is 4.63. The zero-order valence-corrected chi connectivity index (χ0v) is 13.2. The summed E-state index contributed by atoms with van der Waals surface area (Å²) < 4.78 is 10.5. The molecule has 1 amide bonds. The van der Waals surface area contributed by atoms with Crippen LogP contribution in [0, 0.1) is 0 Å². The van der Waals surface area contributed by atoms with Gasteiger partial charge in [0.1, 0.15) is 0 Å². The van der Waals surface area contributed by atoms with E-state index in [-0.39, 0.29) is 12.3 Å². The van der Waals surface area contributed by atoms with Crippen molar-refractivity contribution in [2.75, 3.05) is 32.9 Å². The molecule has 0 unspecified atom stereocenters. The van der Waals surface area contributed by atoms with Gasteiger partial charge in [0.15, 0.2) is 11.5 Å². The smallest absolute Gasteiger partial charge is 0.274 e. The third-order valence-electron chi connectivity index (χ3n) is 3.85. The molecule has 2 aromatic rings. The molecule has 2 aromatic heterocycles. The Balaban J connectivity index is 1.60. The number of ether oxygens (including phenoxy) is 1. The van der Waals surface area contributed by atoms with Crippen LogP contribution in [-0.4, -0.2) is 59.0 Å². The number of carbonyl (C=O) groups excluding carboxylic acids is 1. The molecule has 0 aliphatic carbocycles. The molecule has 1 aliphatic rings. The van der Waals surface area contributed by atoms with Crippen molar-refractivity contribution in [3.05, 3.63) is 47.6 Å². The summed E-state index contributed by atoms with van der Waals surface area (Å²) in [5, 5.41) is 16.0. The molecule has 3 heterocycles. The van der Waals surface area contributed by atoms with Crippen molar-refractivity contribution in [3.8, 4) is 0 Å². The predicted molar refractivity (Wildman–Crippen MR) is 84.1 cm³/mol. The molecule has 3 rings (SSSR count). The van der Waals surface area contributed by atoms with Gasteiger partial charge < -0.3 is 19.7 Å². The van der Waals surface area contributed by atoms with Gasteiger partial charge in [-0.3, -0.25) is 14.7 Å². The van der Waals surface area contributed by atoms with E-state index in [1.54, 1.807) is 30.6 Å². The highest BCUT2D eigenvalue weighted by Crippen LogP contribution is 2.13. The molecular weight excluding hydrogens is 312 g/mol. The molecule has 0 bridgehead atoms. The van der Waals surface area contributed by atoms with Gasteiger partial charge in [-0.1, -0.05) is 11.2 Å². The first-order valence-electron chi connectivity index (χ1n) is 7.83. The van der Waals surface area contributed by atoms with Crippen molar-refractivity contribution >= 4 is 5.91 Å². The number of aliphatic hydroxyl groups is 1. The second-order valence-corrected chi connectivity index (χ2v) is 5.56. The van der Waals surface area contributed by atoms with Crippen molar-refractivity contribution in [3.63, 3.8) is 0 Å². The van der Waals surface area contributed by atoms with Crippen LogP contribution in [0.1, 0.15) is 27.9 Å². The number of carbonyl (C=O) groups is 1. The summed E-state index contributed by atoms with van der Waals surface area (Å²) >= 11 is 0. The van der Waals surface area contributed by atoms with Crippen LogP contribution < -0.4 is 5.32 Å². The van der Waals surface area contributed by atoms with Crippen LogP contribution in [0.15, 0.2) is 35.1 Å². The van der Waals surface area contributed by atoms with Crippen LogP contribution in [0.4, 0.5) is 0 Å². The lowest BCUT2D eigenvalue weighted by molar-refractivity contribution is 0.0305. The summed E-state index contributed by atoms with van der Waals surface area (Å²) in [4.78, 5) is 18.5. The van der Waals surface area contributed by atoms with Crippen LogP contribution in [0.5, 0.6) is 0 Å². The van der Waals surface area contributed by atoms with Gasteiger partial charge in [0.05, 0.1) is 32.4 Å². The first kappa shape index (κ1) is 16.6. The minimum atomic E-state index is -0.536. The summed E-state index contributed by atoms with van der Waals surface area (Å²) in [7, 11) is 0.